The number of aromatic nitrogens is 3. The van der Waals surface area contributed by atoms with Gasteiger partial charge in [-0.1, -0.05) is 13.8 Å². The van der Waals surface area contributed by atoms with Gasteiger partial charge >= 0.3 is 0 Å². The van der Waals surface area contributed by atoms with Crippen LogP contribution >= 0.6 is 0 Å². The third kappa shape index (κ3) is 4.27. The van der Waals surface area contributed by atoms with Crippen LogP contribution in [0.1, 0.15) is 26.6 Å². The van der Waals surface area contributed by atoms with E-state index in [1.54, 1.807) is 24.7 Å². The molecule has 0 saturated carbocycles. The van der Waals surface area contributed by atoms with E-state index in [0.717, 1.165) is 0 Å². The summed E-state index contributed by atoms with van der Waals surface area (Å²) in [6.07, 6.45) is 1.56. The van der Waals surface area contributed by atoms with Crippen LogP contribution in [-0.2, 0) is 27.9 Å². The van der Waals surface area contributed by atoms with Crippen molar-refractivity contribution in [2.45, 2.75) is 33.9 Å². The van der Waals surface area contributed by atoms with E-state index in [9.17, 15) is 13.2 Å². The van der Waals surface area contributed by atoms with Crippen molar-refractivity contribution < 1.29 is 13.2 Å². The molecule has 114 valence electrons. The van der Waals surface area contributed by atoms with Gasteiger partial charge in [-0.15, -0.1) is 10.2 Å². The van der Waals surface area contributed by atoms with E-state index in [1.165, 1.54) is 4.31 Å². The lowest BCUT2D eigenvalue weighted by Gasteiger charge is -2.17. The van der Waals surface area contributed by atoms with Crippen molar-refractivity contribution in [3.05, 3.63) is 12.2 Å². The van der Waals surface area contributed by atoms with Crippen molar-refractivity contribution in [2.24, 2.45) is 0 Å². The Bertz CT molecular complexity index is 536. The minimum Gasteiger partial charge on any atom is -0.348 e. The fourth-order valence-corrected chi connectivity index (χ4v) is 3.19. The molecule has 0 spiro atoms. The van der Waals surface area contributed by atoms with Gasteiger partial charge in [0.2, 0.25) is 15.9 Å². The maximum Gasteiger partial charge on any atom is 0.237 e. The van der Waals surface area contributed by atoms with Crippen molar-refractivity contribution >= 4 is 15.9 Å². The summed E-state index contributed by atoms with van der Waals surface area (Å²) in [5.74, 6) is -0.488. The first-order valence-electron chi connectivity index (χ1n) is 6.55. The van der Waals surface area contributed by atoms with Gasteiger partial charge in [0.1, 0.15) is 12.1 Å². The molecule has 0 fully saturated rings. The second-order valence-corrected chi connectivity index (χ2v) is 6.12. The lowest BCUT2D eigenvalue weighted by Crippen LogP contribution is -2.39. The molecule has 0 atom stereocenters. The highest BCUT2D eigenvalue weighted by Gasteiger charge is 2.22. The van der Waals surface area contributed by atoms with Crippen LogP contribution in [0.15, 0.2) is 6.33 Å². The maximum absolute atomic E-state index is 11.9. The van der Waals surface area contributed by atoms with Crippen LogP contribution in [0.5, 0.6) is 0 Å². The molecule has 0 aliphatic rings. The summed E-state index contributed by atoms with van der Waals surface area (Å²) in [6, 6.07) is 0. The Labute approximate surface area is 119 Å². The molecule has 0 aliphatic carbocycles. The van der Waals surface area contributed by atoms with E-state index in [4.69, 9.17) is 0 Å². The molecule has 0 radical (unpaired) electrons. The van der Waals surface area contributed by atoms with E-state index in [0.29, 0.717) is 25.5 Å². The molecule has 0 aliphatic heterocycles. The quantitative estimate of drug-likeness (QED) is 0.704. The molecule has 8 nitrogen and oxygen atoms in total. The van der Waals surface area contributed by atoms with Gasteiger partial charge < -0.3 is 9.88 Å². The van der Waals surface area contributed by atoms with Crippen molar-refractivity contribution in [2.75, 3.05) is 18.8 Å². The fraction of sp³-hybridized carbons (Fsp3) is 0.727. The molecule has 1 aromatic rings. The number of rotatable bonds is 8. The lowest BCUT2D eigenvalue weighted by atomic mass is 10.5. The topological polar surface area (TPSA) is 97.2 Å². The Kier molecular flexibility index (Phi) is 6.08. The molecule has 0 aromatic carbocycles. The predicted molar refractivity (Wildman–Crippen MR) is 74.3 cm³/mol. The third-order valence-electron chi connectivity index (χ3n) is 2.89. The molecule has 9 heteroatoms. The fourth-order valence-electron chi connectivity index (χ4n) is 1.78. The summed E-state index contributed by atoms with van der Waals surface area (Å²) in [5, 5.41) is 10.1. The molecule has 1 amide bonds. The molecular formula is C11H21N5O3S. The third-order valence-corrected chi connectivity index (χ3v) is 4.82. The number of hydrogen-bond donors (Lipinski definition) is 1. The molecule has 20 heavy (non-hydrogen) atoms. The normalized spacial score (nSPS) is 11.8. The number of aryl methyl sites for hydroxylation is 1. The minimum atomic E-state index is -3.55. The highest BCUT2D eigenvalue weighted by molar-refractivity contribution is 7.89. The first-order valence-corrected chi connectivity index (χ1v) is 8.16. The number of carbonyl (C=O) groups excluding carboxylic acids is 1. The van der Waals surface area contributed by atoms with Crippen LogP contribution in [-0.4, -0.2) is 52.2 Å². The van der Waals surface area contributed by atoms with Crippen molar-refractivity contribution in [1.29, 1.82) is 0 Å². The molecule has 0 bridgehead atoms. The zero-order valence-corrected chi connectivity index (χ0v) is 12.9. The molecule has 1 heterocycles. The van der Waals surface area contributed by atoms with Gasteiger partial charge in [0, 0.05) is 19.6 Å². The maximum atomic E-state index is 11.9. The SMILES string of the molecule is CCN(CC)S(=O)(=O)CC(=O)NCc1nncn1CC. The van der Waals surface area contributed by atoms with Crippen LogP contribution in [0, 0.1) is 0 Å². The average molecular weight is 303 g/mol. The van der Waals surface area contributed by atoms with E-state index >= 15 is 0 Å². The Hall–Kier alpha value is -1.48. The van der Waals surface area contributed by atoms with Gasteiger partial charge in [0.15, 0.2) is 5.82 Å². The van der Waals surface area contributed by atoms with Crippen molar-refractivity contribution in [1.82, 2.24) is 24.4 Å². The van der Waals surface area contributed by atoms with Crippen LogP contribution in [0.3, 0.4) is 0 Å². The first kappa shape index (κ1) is 16.6. The standard InChI is InChI=1S/C11H21N5O3S/c1-4-15-9-13-14-10(15)7-12-11(17)8-20(18,19)16(5-2)6-3/h9H,4-8H2,1-3H3,(H,12,17). The van der Waals surface area contributed by atoms with Crippen LogP contribution in [0.25, 0.3) is 0 Å². The number of sulfonamides is 1. The Balaban J connectivity index is 2.56. The number of nitrogens with one attached hydrogen (secondary N) is 1. The number of amides is 1. The Morgan fingerprint density at radius 2 is 2.00 bits per heavy atom. The summed E-state index contributed by atoms with van der Waals surface area (Å²) in [7, 11) is -3.55. The molecule has 1 rings (SSSR count). The second-order valence-electron chi connectivity index (χ2n) is 4.15. The van der Waals surface area contributed by atoms with Crippen LogP contribution in [0.2, 0.25) is 0 Å². The van der Waals surface area contributed by atoms with Crippen molar-refractivity contribution in [3.8, 4) is 0 Å². The van der Waals surface area contributed by atoms with Crippen molar-refractivity contribution in [3.63, 3.8) is 0 Å². The highest BCUT2D eigenvalue weighted by atomic mass is 32.2. The predicted octanol–water partition coefficient (Wildman–Crippen LogP) is -0.414. The largest absolute Gasteiger partial charge is 0.348 e. The Morgan fingerprint density at radius 3 is 2.55 bits per heavy atom. The number of carbonyl (C=O) groups is 1. The van der Waals surface area contributed by atoms with E-state index in [2.05, 4.69) is 15.5 Å². The summed E-state index contributed by atoms with van der Waals surface area (Å²) in [4.78, 5) is 11.7. The summed E-state index contributed by atoms with van der Waals surface area (Å²) in [6.45, 7) is 6.98. The molecular weight excluding hydrogens is 282 g/mol. The number of nitrogens with zero attached hydrogens (tertiary/aromatic N) is 4. The lowest BCUT2D eigenvalue weighted by molar-refractivity contribution is -0.118. The molecule has 1 N–H and O–H groups in total. The second kappa shape index (κ2) is 7.34. The molecule has 1 aromatic heterocycles. The van der Waals surface area contributed by atoms with E-state index in [1.807, 2.05) is 6.92 Å². The monoisotopic (exact) mass is 303 g/mol. The highest BCUT2D eigenvalue weighted by Crippen LogP contribution is 2.01. The van der Waals surface area contributed by atoms with Gasteiger partial charge in [0.05, 0.1) is 6.54 Å². The first-order chi connectivity index (χ1) is 9.44. The minimum absolute atomic E-state index is 0.167. The van der Waals surface area contributed by atoms with Crippen LogP contribution in [0.4, 0.5) is 0 Å². The number of hydrogen-bond acceptors (Lipinski definition) is 5. The van der Waals surface area contributed by atoms with E-state index in [-0.39, 0.29) is 6.54 Å². The molecule has 0 unspecified atom stereocenters. The Morgan fingerprint density at radius 1 is 1.35 bits per heavy atom. The van der Waals surface area contributed by atoms with E-state index < -0.39 is 21.7 Å². The summed E-state index contributed by atoms with van der Waals surface area (Å²) >= 11 is 0. The summed E-state index contributed by atoms with van der Waals surface area (Å²) < 4.78 is 26.9. The van der Waals surface area contributed by atoms with Gasteiger partial charge in [-0.25, -0.2) is 12.7 Å². The van der Waals surface area contributed by atoms with Crippen LogP contribution < -0.4 is 5.32 Å². The van der Waals surface area contributed by atoms with Gasteiger partial charge in [-0.3, -0.25) is 4.79 Å². The zero-order chi connectivity index (χ0) is 15.2. The van der Waals surface area contributed by atoms with Gasteiger partial charge in [0.25, 0.3) is 0 Å². The average Bonchev–Trinajstić information content (AvgIpc) is 2.84. The molecule has 0 saturated heterocycles. The zero-order valence-electron chi connectivity index (χ0n) is 12.0. The van der Waals surface area contributed by atoms with Gasteiger partial charge in [-0.2, -0.15) is 0 Å². The van der Waals surface area contributed by atoms with Gasteiger partial charge in [-0.05, 0) is 6.92 Å². The summed E-state index contributed by atoms with van der Waals surface area (Å²) in [5.41, 5.74) is 0. The smallest absolute Gasteiger partial charge is 0.237 e.